The number of hydrogen-bond acceptors (Lipinski definition) is 5. The summed E-state index contributed by atoms with van der Waals surface area (Å²) in [6, 6.07) is 20.2. The largest absolute Gasteiger partial charge is 0.497 e. The molecule has 4 rings (SSSR count). The Kier molecular flexibility index (Phi) is 7.69. The molecule has 1 aliphatic heterocycles. The predicted octanol–water partition coefficient (Wildman–Crippen LogP) is 4.79. The number of halogens is 1. The van der Waals surface area contributed by atoms with E-state index in [1.807, 2.05) is 30.3 Å². The van der Waals surface area contributed by atoms with Crippen LogP contribution in [0.2, 0.25) is 0 Å². The van der Waals surface area contributed by atoms with Crippen molar-refractivity contribution in [3.05, 3.63) is 81.7 Å². The van der Waals surface area contributed by atoms with E-state index in [0.29, 0.717) is 10.6 Å². The van der Waals surface area contributed by atoms with Gasteiger partial charge >= 0.3 is 0 Å². The Hall–Kier alpha value is -2.85. The van der Waals surface area contributed by atoms with E-state index in [2.05, 4.69) is 40.6 Å². The van der Waals surface area contributed by atoms with E-state index in [-0.39, 0.29) is 24.7 Å². The lowest BCUT2D eigenvalue weighted by Crippen LogP contribution is -2.29. The minimum atomic E-state index is -0.114. The van der Waals surface area contributed by atoms with Gasteiger partial charge in [0.2, 0.25) is 5.91 Å². The van der Waals surface area contributed by atoms with Crippen LogP contribution in [-0.2, 0) is 30.7 Å². The fraction of sp³-hybridized carbons (Fsp3) is 0.250. The lowest BCUT2D eigenvalue weighted by atomic mass is 10.0. The van der Waals surface area contributed by atoms with Gasteiger partial charge in [-0.05, 0) is 35.2 Å². The summed E-state index contributed by atoms with van der Waals surface area (Å²) in [6.07, 6.45) is 1.09. The van der Waals surface area contributed by atoms with Crippen LogP contribution in [0.3, 0.4) is 0 Å². The standard InChI is InChI=1S/C24H23N3O2S.ClH/c1-29-19-9-7-17(8-10-19)13-23(28)26-24-21(14-25)20-11-12-27(16-22(20)30-24)15-18-5-3-2-4-6-18;/h2-10H,11-13,15-16H2,1H3,(H,26,28);1H. The normalized spacial score (nSPS) is 12.9. The van der Waals surface area contributed by atoms with E-state index in [1.54, 1.807) is 7.11 Å². The van der Waals surface area contributed by atoms with Crippen LogP contribution in [0.15, 0.2) is 54.6 Å². The van der Waals surface area contributed by atoms with Crippen molar-refractivity contribution in [3.8, 4) is 11.8 Å². The molecule has 0 radical (unpaired) electrons. The smallest absolute Gasteiger partial charge is 0.229 e. The molecule has 31 heavy (non-hydrogen) atoms. The highest BCUT2D eigenvalue weighted by Gasteiger charge is 2.25. The van der Waals surface area contributed by atoms with Gasteiger partial charge in [0.15, 0.2) is 0 Å². The first-order valence-corrected chi connectivity index (χ1v) is 10.7. The van der Waals surface area contributed by atoms with Crippen LogP contribution in [0, 0.1) is 11.3 Å². The summed E-state index contributed by atoms with van der Waals surface area (Å²) >= 11 is 1.53. The monoisotopic (exact) mass is 453 g/mol. The third kappa shape index (κ3) is 5.45. The molecule has 2 heterocycles. The molecule has 160 valence electrons. The molecule has 0 spiro atoms. The zero-order valence-electron chi connectivity index (χ0n) is 17.3. The molecule has 1 amide bonds. The van der Waals surface area contributed by atoms with Crippen LogP contribution in [0.4, 0.5) is 5.00 Å². The van der Waals surface area contributed by atoms with Crippen LogP contribution < -0.4 is 10.1 Å². The number of thiophene rings is 1. The zero-order chi connectivity index (χ0) is 20.9. The van der Waals surface area contributed by atoms with Crippen LogP contribution >= 0.6 is 23.7 Å². The van der Waals surface area contributed by atoms with Crippen molar-refractivity contribution in [2.24, 2.45) is 0 Å². The highest BCUT2D eigenvalue weighted by Crippen LogP contribution is 2.37. The molecule has 0 aliphatic carbocycles. The fourth-order valence-corrected chi connectivity index (χ4v) is 5.00. The summed E-state index contributed by atoms with van der Waals surface area (Å²) < 4.78 is 5.15. The number of nitriles is 1. The molecule has 5 nitrogen and oxygen atoms in total. The van der Waals surface area contributed by atoms with Gasteiger partial charge in [0.25, 0.3) is 0 Å². The number of amides is 1. The fourth-order valence-electron chi connectivity index (χ4n) is 3.74. The lowest BCUT2D eigenvalue weighted by molar-refractivity contribution is -0.115. The molecular formula is C24H24ClN3O2S. The number of hydrogen-bond donors (Lipinski definition) is 1. The SMILES string of the molecule is COc1ccc(CC(=O)Nc2sc3c(c2C#N)CCN(Cc2ccccc2)C3)cc1.Cl. The molecule has 1 N–H and O–H groups in total. The molecule has 1 aliphatic rings. The average Bonchev–Trinajstić information content (AvgIpc) is 3.10. The first-order valence-electron chi connectivity index (χ1n) is 9.90. The van der Waals surface area contributed by atoms with Crippen molar-refractivity contribution < 1.29 is 9.53 Å². The van der Waals surface area contributed by atoms with E-state index in [0.717, 1.165) is 42.9 Å². The summed E-state index contributed by atoms with van der Waals surface area (Å²) in [4.78, 5) is 16.1. The molecule has 0 fully saturated rings. The molecule has 0 saturated heterocycles. The third-order valence-electron chi connectivity index (χ3n) is 5.27. The van der Waals surface area contributed by atoms with Crippen molar-refractivity contribution in [2.45, 2.75) is 25.9 Å². The van der Waals surface area contributed by atoms with E-state index >= 15 is 0 Å². The predicted molar refractivity (Wildman–Crippen MR) is 126 cm³/mol. The van der Waals surface area contributed by atoms with Crippen LogP contribution in [0.25, 0.3) is 0 Å². The Morgan fingerprint density at radius 1 is 1.16 bits per heavy atom. The number of carbonyl (C=O) groups excluding carboxylic acids is 1. The average molecular weight is 454 g/mol. The van der Waals surface area contributed by atoms with Gasteiger partial charge in [0.05, 0.1) is 19.1 Å². The van der Waals surface area contributed by atoms with Crippen molar-refractivity contribution in [3.63, 3.8) is 0 Å². The van der Waals surface area contributed by atoms with Crippen molar-refractivity contribution in [2.75, 3.05) is 19.0 Å². The third-order valence-corrected chi connectivity index (χ3v) is 6.41. The van der Waals surface area contributed by atoms with Gasteiger partial charge in [-0.2, -0.15) is 5.26 Å². The molecule has 0 atom stereocenters. The number of methoxy groups -OCH3 is 1. The molecule has 0 saturated carbocycles. The topological polar surface area (TPSA) is 65.4 Å². The van der Waals surface area contributed by atoms with Gasteiger partial charge in [-0.25, -0.2) is 0 Å². The van der Waals surface area contributed by atoms with Crippen molar-refractivity contribution >= 4 is 34.7 Å². The van der Waals surface area contributed by atoms with Crippen LogP contribution in [-0.4, -0.2) is 24.5 Å². The first-order chi connectivity index (χ1) is 14.7. The number of nitrogens with one attached hydrogen (secondary N) is 1. The summed E-state index contributed by atoms with van der Waals surface area (Å²) in [5.74, 6) is 0.647. The number of nitrogens with zero attached hydrogens (tertiary/aromatic N) is 2. The summed E-state index contributed by atoms with van der Waals surface area (Å²) in [7, 11) is 1.62. The van der Waals surface area contributed by atoms with Crippen molar-refractivity contribution in [1.29, 1.82) is 5.26 Å². The molecule has 2 aromatic carbocycles. The molecule has 7 heteroatoms. The quantitative estimate of drug-likeness (QED) is 0.582. The van der Waals surface area contributed by atoms with Gasteiger partial charge < -0.3 is 10.1 Å². The maximum Gasteiger partial charge on any atom is 0.229 e. The maximum absolute atomic E-state index is 12.6. The van der Waals surface area contributed by atoms with E-state index in [4.69, 9.17) is 4.74 Å². The molecule has 1 aromatic heterocycles. The van der Waals surface area contributed by atoms with Gasteiger partial charge in [0.1, 0.15) is 16.8 Å². The summed E-state index contributed by atoms with van der Waals surface area (Å²) in [6.45, 7) is 2.60. The summed E-state index contributed by atoms with van der Waals surface area (Å²) in [5, 5.41) is 13.3. The highest BCUT2D eigenvalue weighted by molar-refractivity contribution is 7.16. The highest BCUT2D eigenvalue weighted by atomic mass is 35.5. The van der Waals surface area contributed by atoms with Crippen LogP contribution in [0.1, 0.15) is 27.1 Å². The summed E-state index contributed by atoms with van der Waals surface area (Å²) in [5.41, 5.74) is 3.90. The number of fused-ring (bicyclic) bond motifs is 1. The maximum atomic E-state index is 12.6. The Morgan fingerprint density at radius 3 is 2.58 bits per heavy atom. The van der Waals surface area contributed by atoms with Gasteiger partial charge in [-0.3, -0.25) is 9.69 Å². The Bertz CT molecular complexity index is 1070. The van der Waals surface area contributed by atoms with Gasteiger partial charge in [-0.1, -0.05) is 42.5 Å². The van der Waals surface area contributed by atoms with Gasteiger partial charge in [0, 0.05) is 24.5 Å². The Balaban J connectivity index is 0.00000272. The van der Waals surface area contributed by atoms with E-state index in [9.17, 15) is 10.1 Å². The second-order valence-electron chi connectivity index (χ2n) is 7.34. The second-order valence-corrected chi connectivity index (χ2v) is 8.44. The minimum Gasteiger partial charge on any atom is -0.497 e. The van der Waals surface area contributed by atoms with Crippen molar-refractivity contribution in [1.82, 2.24) is 4.90 Å². The lowest BCUT2D eigenvalue weighted by Gasteiger charge is -2.26. The number of anilines is 1. The zero-order valence-corrected chi connectivity index (χ0v) is 18.9. The molecular weight excluding hydrogens is 430 g/mol. The molecule has 3 aromatic rings. The Morgan fingerprint density at radius 2 is 1.90 bits per heavy atom. The van der Waals surface area contributed by atoms with E-state index in [1.165, 1.54) is 21.8 Å². The number of rotatable bonds is 6. The minimum absolute atomic E-state index is 0. The number of carbonyl (C=O) groups is 1. The van der Waals surface area contributed by atoms with E-state index < -0.39 is 0 Å². The number of ether oxygens (including phenoxy) is 1. The van der Waals surface area contributed by atoms with Gasteiger partial charge in [-0.15, -0.1) is 23.7 Å². The first kappa shape index (κ1) is 22.8. The molecule has 0 unspecified atom stereocenters. The molecule has 0 bridgehead atoms. The second kappa shape index (κ2) is 10.5. The number of benzene rings is 2. The Labute approximate surface area is 192 Å². The van der Waals surface area contributed by atoms with Crippen LogP contribution in [0.5, 0.6) is 5.75 Å².